The highest BCUT2D eigenvalue weighted by atomic mass is 16.1. The number of H-pyrrole nitrogens is 1. The lowest BCUT2D eigenvalue weighted by atomic mass is 10.1. The van der Waals surface area contributed by atoms with Crippen molar-refractivity contribution in [3.8, 4) is 0 Å². The Hall–Kier alpha value is -2.76. The van der Waals surface area contributed by atoms with Crippen LogP contribution in [0.5, 0.6) is 0 Å². The smallest absolute Gasteiger partial charge is 0.160 e. The van der Waals surface area contributed by atoms with Crippen molar-refractivity contribution in [1.82, 2.24) is 20.2 Å². The van der Waals surface area contributed by atoms with Crippen LogP contribution in [-0.2, 0) is 0 Å². The molecule has 94 valence electrons. The summed E-state index contributed by atoms with van der Waals surface area (Å²) < 4.78 is 0. The van der Waals surface area contributed by atoms with Gasteiger partial charge in [0.15, 0.2) is 11.4 Å². The molecule has 0 unspecified atom stereocenters. The summed E-state index contributed by atoms with van der Waals surface area (Å²) in [4.78, 5) is 19.6. The zero-order valence-corrected chi connectivity index (χ0v) is 10.2. The van der Waals surface area contributed by atoms with Gasteiger partial charge in [0, 0.05) is 11.3 Å². The van der Waals surface area contributed by atoms with Gasteiger partial charge >= 0.3 is 0 Å². The van der Waals surface area contributed by atoms with Crippen molar-refractivity contribution in [2.75, 3.05) is 5.32 Å². The Labute approximate surface area is 108 Å². The number of carbonyl (C=O) groups is 1. The number of benzene rings is 1. The maximum atomic E-state index is 11.4. The number of carbonyl (C=O) groups excluding carboxylic acids is 1. The molecule has 0 saturated heterocycles. The Bertz CT molecular complexity index is 749. The second-order valence-corrected chi connectivity index (χ2v) is 4.12. The van der Waals surface area contributed by atoms with Crippen LogP contribution >= 0.6 is 0 Å². The van der Waals surface area contributed by atoms with Crippen molar-refractivity contribution in [1.29, 1.82) is 0 Å². The molecule has 0 spiro atoms. The summed E-state index contributed by atoms with van der Waals surface area (Å²) in [6, 6.07) is 7.27. The molecule has 2 N–H and O–H groups in total. The molecular weight excluding hydrogens is 242 g/mol. The fraction of sp³-hybridized carbons (Fsp3) is 0.0769. The van der Waals surface area contributed by atoms with Gasteiger partial charge in [-0.2, -0.15) is 5.10 Å². The number of nitrogens with one attached hydrogen (secondary N) is 2. The number of aromatic nitrogens is 4. The third-order valence-electron chi connectivity index (χ3n) is 2.78. The zero-order chi connectivity index (χ0) is 13.2. The van der Waals surface area contributed by atoms with E-state index in [2.05, 4.69) is 25.5 Å². The van der Waals surface area contributed by atoms with Gasteiger partial charge in [-0.05, 0) is 19.1 Å². The van der Waals surface area contributed by atoms with Crippen LogP contribution in [0.3, 0.4) is 0 Å². The van der Waals surface area contributed by atoms with Gasteiger partial charge in [0.25, 0.3) is 0 Å². The summed E-state index contributed by atoms with van der Waals surface area (Å²) >= 11 is 0. The summed E-state index contributed by atoms with van der Waals surface area (Å²) in [6.45, 7) is 1.54. The summed E-state index contributed by atoms with van der Waals surface area (Å²) in [5.74, 6) is 0.680. The Balaban J connectivity index is 1.99. The summed E-state index contributed by atoms with van der Waals surface area (Å²) in [5, 5.41) is 10.7. The topological polar surface area (TPSA) is 83.6 Å². The van der Waals surface area contributed by atoms with Gasteiger partial charge in [-0.3, -0.25) is 9.89 Å². The van der Waals surface area contributed by atoms with E-state index in [1.165, 1.54) is 13.3 Å². The number of rotatable bonds is 3. The fourth-order valence-electron chi connectivity index (χ4n) is 1.82. The molecule has 6 heteroatoms. The maximum absolute atomic E-state index is 11.4. The summed E-state index contributed by atoms with van der Waals surface area (Å²) in [7, 11) is 0. The molecule has 0 bridgehead atoms. The van der Waals surface area contributed by atoms with E-state index in [1.807, 2.05) is 12.1 Å². The number of anilines is 2. The molecule has 0 radical (unpaired) electrons. The molecule has 6 nitrogen and oxygen atoms in total. The second kappa shape index (κ2) is 4.49. The van der Waals surface area contributed by atoms with E-state index in [4.69, 9.17) is 0 Å². The Kier molecular flexibility index (Phi) is 2.68. The first-order chi connectivity index (χ1) is 9.24. The number of aromatic amines is 1. The molecule has 0 fully saturated rings. The molecule has 0 aliphatic carbocycles. The van der Waals surface area contributed by atoms with Gasteiger partial charge in [0.05, 0.1) is 11.6 Å². The molecular formula is C13H11N5O. The van der Waals surface area contributed by atoms with Crippen LogP contribution in [0.25, 0.3) is 11.0 Å². The van der Waals surface area contributed by atoms with Crippen molar-refractivity contribution >= 4 is 28.3 Å². The largest absolute Gasteiger partial charge is 0.339 e. The standard InChI is InChI=1S/C13H11N5O/c1-8(19)9-3-2-4-10(5-9)17-12-11-6-16-18-13(11)15-7-14-12/h2-7H,1H3,(H2,14,15,16,17,18). The molecule has 0 amide bonds. The quantitative estimate of drug-likeness (QED) is 0.700. The van der Waals surface area contributed by atoms with Crippen molar-refractivity contribution in [2.45, 2.75) is 6.92 Å². The van der Waals surface area contributed by atoms with E-state index in [-0.39, 0.29) is 5.78 Å². The fourth-order valence-corrected chi connectivity index (χ4v) is 1.82. The predicted octanol–water partition coefficient (Wildman–Crippen LogP) is 2.30. The first-order valence-corrected chi connectivity index (χ1v) is 5.76. The minimum atomic E-state index is 0.0276. The molecule has 0 aliphatic rings. The SMILES string of the molecule is CC(=O)c1cccc(Nc2ncnc3[nH]ncc23)c1. The van der Waals surface area contributed by atoms with Crippen molar-refractivity contribution in [3.05, 3.63) is 42.4 Å². The average Bonchev–Trinajstić information content (AvgIpc) is 2.88. The number of hydrogen-bond acceptors (Lipinski definition) is 5. The number of fused-ring (bicyclic) bond motifs is 1. The lowest BCUT2D eigenvalue weighted by molar-refractivity contribution is 0.101. The molecule has 19 heavy (non-hydrogen) atoms. The highest BCUT2D eigenvalue weighted by Gasteiger charge is 2.06. The zero-order valence-electron chi connectivity index (χ0n) is 10.2. The van der Waals surface area contributed by atoms with Gasteiger partial charge in [0.1, 0.15) is 12.1 Å². The first-order valence-electron chi connectivity index (χ1n) is 5.76. The molecule has 3 rings (SSSR count). The van der Waals surface area contributed by atoms with E-state index >= 15 is 0 Å². The normalized spacial score (nSPS) is 10.6. The highest BCUT2D eigenvalue weighted by Crippen LogP contribution is 2.21. The van der Waals surface area contributed by atoms with Gasteiger partial charge < -0.3 is 5.32 Å². The third kappa shape index (κ3) is 2.15. The van der Waals surface area contributed by atoms with E-state index in [0.717, 1.165) is 11.1 Å². The minimum absolute atomic E-state index is 0.0276. The van der Waals surface area contributed by atoms with Crippen molar-refractivity contribution < 1.29 is 4.79 Å². The number of hydrogen-bond donors (Lipinski definition) is 2. The molecule has 2 heterocycles. The predicted molar refractivity (Wildman–Crippen MR) is 71.4 cm³/mol. The van der Waals surface area contributed by atoms with Crippen LogP contribution in [-0.4, -0.2) is 25.9 Å². The van der Waals surface area contributed by atoms with Gasteiger partial charge in [-0.1, -0.05) is 12.1 Å². The summed E-state index contributed by atoms with van der Waals surface area (Å²) in [6.07, 6.45) is 3.12. The van der Waals surface area contributed by atoms with E-state index in [1.54, 1.807) is 18.3 Å². The second-order valence-electron chi connectivity index (χ2n) is 4.12. The van der Waals surface area contributed by atoms with Crippen molar-refractivity contribution in [2.24, 2.45) is 0 Å². The maximum Gasteiger partial charge on any atom is 0.160 e. The van der Waals surface area contributed by atoms with E-state index < -0.39 is 0 Å². The average molecular weight is 253 g/mol. The van der Waals surface area contributed by atoms with Crippen LogP contribution in [0.15, 0.2) is 36.8 Å². The first kappa shape index (κ1) is 11.3. The molecule has 0 saturated carbocycles. The minimum Gasteiger partial charge on any atom is -0.339 e. The lowest BCUT2D eigenvalue weighted by Crippen LogP contribution is -1.97. The van der Waals surface area contributed by atoms with Crippen LogP contribution < -0.4 is 5.32 Å². The third-order valence-corrected chi connectivity index (χ3v) is 2.78. The molecule has 0 atom stereocenters. The van der Waals surface area contributed by atoms with Crippen LogP contribution in [0.2, 0.25) is 0 Å². The number of nitrogens with zero attached hydrogens (tertiary/aromatic N) is 3. The number of ketones is 1. The highest BCUT2D eigenvalue weighted by molar-refractivity contribution is 5.95. The van der Waals surface area contributed by atoms with Gasteiger partial charge in [0.2, 0.25) is 0 Å². The Morgan fingerprint density at radius 3 is 3.05 bits per heavy atom. The van der Waals surface area contributed by atoms with Crippen molar-refractivity contribution in [3.63, 3.8) is 0 Å². The van der Waals surface area contributed by atoms with Crippen LogP contribution in [0.1, 0.15) is 17.3 Å². The Morgan fingerprint density at radius 1 is 1.32 bits per heavy atom. The summed E-state index contributed by atoms with van der Waals surface area (Å²) in [5.41, 5.74) is 2.12. The van der Waals surface area contributed by atoms with Gasteiger partial charge in [-0.15, -0.1) is 0 Å². The van der Waals surface area contributed by atoms with E-state index in [9.17, 15) is 4.79 Å². The Morgan fingerprint density at radius 2 is 2.21 bits per heavy atom. The van der Waals surface area contributed by atoms with Gasteiger partial charge in [-0.25, -0.2) is 9.97 Å². The van der Waals surface area contributed by atoms with Crippen LogP contribution in [0.4, 0.5) is 11.5 Å². The lowest BCUT2D eigenvalue weighted by Gasteiger charge is -2.06. The molecule has 0 aliphatic heterocycles. The van der Waals surface area contributed by atoms with E-state index in [0.29, 0.717) is 17.0 Å². The molecule has 1 aromatic carbocycles. The molecule has 3 aromatic rings. The molecule has 2 aromatic heterocycles. The number of Topliss-reactive ketones (excluding diaryl/α,β-unsaturated/α-hetero) is 1. The van der Waals surface area contributed by atoms with Crippen LogP contribution in [0, 0.1) is 0 Å². The monoisotopic (exact) mass is 253 g/mol.